The second-order valence-electron chi connectivity index (χ2n) is 4.58. The summed E-state index contributed by atoms with van der Waals surface area (Å²) >= 11 is 0. The van der Waals surface area contributed by atoms with Gasteiger partial charge in [0.15, 0.2) is 0 Å². The Kier molecular flexibility index (Phi) is 3.42. The Labute approximate surface area is 86.0 Å². The Balaban J connectivity index is 1.90. The van der Waals surface area contributed by atoms with E-state index in [1.54, 1.807) is 0 Å². The van der Waals surface area contributed by atoms with Crippen LogP contribution in [-0.2, 0) is 4.74 Å². The molecule has 3 nitrogen and oxygen atoms in total. The van der Waals surface area contributed by atoms with Gasteiger partial charge in [-0.15, -0.1) is 0 Å². The quantitative estimate of drug-likeness (QED) is 0.729. The SMILES string of the molecule is CCC(CO)CN1C2CCC1COC2. The van der Waals surface area contributed by atoms with E-state index in [0.29, 0.717) is 24.6 Å². The fourth-order valence-corrected chi connectivity index (χ4v) is 2.63. The fraction of sp³-hybridized carbons (Fsp3) is 1.00. The molecule has 2 saturated heterocycles. The number of ether oxygens (including phenoxy) is 1. The molecule has 0 aromatic carbocycles. The number of hydrogen-bond acceptors (Lipinski definition) is 3. The molecule has 2 aliphatic rings. The number of fused-ring (bicyclic) bond motifs is 2. The van der Waals surface area contributed by atoms with Gasteiger partial charge in [0.1, 0.15) is 0 Å². The largest absolute Gasteiger partial charge is 0.396 e. The molecular formula is C11H21NO2. The Bertz CT molecular complexity index is 166. The summed E-state index contributed by atoms with van der Waals surface area (Å²) in [6.45, 7) is 5.35. The highest BCUT2D eigenvalue weighted by molar-refractivity contribution is 4.91. The predicted octanol–water partition coefficient (Wildman–Crippen LogP) is 0.868. The van der Waals surface area contributed by atoms with Crippen molar-refractivity contribution in [2.24, 2.45) is 5.92 Å². The van der Waals surface area contributed by atoms with E-state index in [1.165, 1.54) is 12.8 Å². The van der Waals surface area contributed by atoms with Gasteiger partial charge >= 0.3 is 0 Å². The van der Waals surface area contributed by atoms with Crippen molar-refractivity contribution < 1.29 is 9.84 Å². The zero-order valence-corrected chi connectivity index (χ0v) is 8.98. The molecule has 0 amide bonds. The highest BCUT2D eigenvalue weighted by atomic mass is 16.5. The number of morpholine rings is 1. The van der Waals surface area contributed by atoms with Crippen LogP contribution in [-0.4, -0.2) is 48.5 Å². The van der Waals surface area contributed by atoms with Gasteiger partial charge in [0.2, 0.25) is 0 Å². The third-order valence-electron chi connectivity index (χ3n) is 3.70. The average Bonchev–Trinajstić information content (AvgIpc) is 2.46. The molecule has 0 aromatic heterocycles. The van der Waals surface area contributed by atoms with Crippen molar-refractivity contribution in [2.75, 3.05) is 26.4 Å². The van der Waals surface area contributed by atoms with E-state index < -0.39 is 0 Å². The first-order valence-corrected chi connectivity index (χ1v) is 5.79. The maximum absolute atomic E-state index is 9.19. The van der Waals surface area contributed by atoms with E-state index in [0.717, 1.165) is 26.2 Å². The molecule has 0 spiro atoms. The van der Waals surface area contributed by atoms with E-state index in [9.17, 15) is 5.11 Å². The van der Waals surface area contributed by atoms with Gasteiger partial charge in [-0.25, -0.2) is 0 Å². The van der Waals surface area contributed by atoms with Crippen LogP contribution in [0.3, 0.4) is 0 Å². The van der Waals surface area contributed by atoms with Crippen LogP contribution in [0.2, 0.25) is 0 Å². The molecule has 3 unspecified atom stereocenters. The summed E-state index contributed by atoms with van der Waals surface area (Å²) in [6.07, 6.45) is 3.65. The lowest BCUT2D eigenvalue weighted by Crippen LogP contribution is -2.48. The normalized spacial score (nSPS) is 34.7. The van der Waals surface area contributed by atoms with Crippen LogP contribution in [0, 0.1) is 5.92 Å². The average molecular weight is 199 g/mol. The molecule has 1 N–H and O–H groups in total. The van der Waals surface area contributed by atoms with Crippen LogP contribution in [0.25, 0.3) is 0 Å². The highest BCUT2D eigenvalue weighted by Gasteiger charge is 2.37. The Morgan fingerprint density at radius 3 is 2.50 bits per heavy atom. The molecule has 0 saturated carbocycles. The Morgan fingerprint density at radius 1 is 1.36 bits per heavy atom. The van der Waals surface area contributed by atoms with Gasteiger partial charge in [0.25, 0.3) is 0 Å². The Hall–Kier alpha value is -0.120. The molecule has 2 bridgehead atoms. The lowest BCUT2D eigenvalue weighted by atomic mass is 10.1. The van der Waals surface area contributed by atoms with E-state index in [2.05, 4.69) is 11.8 Å². The zero-order valence-electron chi connectivity index (χ0n) is 8.98. The van der Waals surface area contributed by atoms with E-state index in [-0.39, 0.29) is 0 Å². The van der Waals surface area contributed by atoms with Crippen LogP contribution >= 0.6 is 0 Å². The summed E-state index contributed by atoms with van der Waals surface area (Å²) in [5.74, 6) is 0.455. The molecule has 2 fully saturated rings. The number of rotatable bonds is 4. The number of aliphatic hydroxyl groups is 1. The van der Waals surface area contributed by atoms with Gasteiger partial charge < -0.3 is 9.84 Å². The third kappa shape index (κ3) is 1.95. The summed E-state index contributed by atoms with van der Waals surface area (Å²) in [5, 5.41) is 9.19. The molecule has 2 rings (SSSR count). The van der Waals surface area contributed by atoms with Crippen LogP contribution in [0.5, 0.6) is 0 Å². The minimum Gasteiger partial charge on any atom is -0.396 e. The molecule has 0 aliphatic carbocycles. The smallest absolute Gasteiger partial charge is 0.0622 e. The molecule has 2 heterocycles. The van der Waals surface area contributed by atoms with Crippen molar-refractivity contribution in [3.8, 4) is 0 Å². The van der Waals surface area contributed by atoms with E-state index >= 15 is 0 Å². The standard InChI is InChI=1S/C11H21NO2/c1-2-9(6-13)5-12-10-3-4-11(12)8-14-7-10/h9-11,13H,2-8H2,1H3. The summed E-state index contributed by atoms with van der Waals surface area (Å²) in [5.41, 5.74) is 0. The van der Waals surface area contributed by atoms with Gasteiger partial charge in [0.05, 0.1) is 13.2 Å². The number of aliphatic hydroxyl groups excluding tert-OH is 1. The highest BCUT2D eigenvalue weighted by Crippen LogP contribution is 2.29. The van der Waals surface area contributed by atoms with Crippen molar-refractivity contribution in [1.82, 2.24) is 4.90 Å². The molecular weight excluding hydrogens is 178 g/mol. The molecule has 3 atom stereocenters. The topological polar surface area (TPSA) is 32.7 Å². The lowest BCUT2D eigenvalue weighted by molar-refractivity contribution is -0.0251. The van der Waals surface area contributed by atoms with Gasteiger partial charge in [-0.3, -0.25) is 4.90 Å². The van der Waals surface area contributed by atoms with Crippen molar-refractivity contribution in [3.05, 3.63) is 0 Å². The summed E-state index contributed by atoms with van der Waals surface area (Å²) < 4.78 is 5.53. The summed E-state index contributed by atoms with van der Waals surface area (Å²) in [4.78, 5) is 2.56. The lowest BCUT2D eigenvalue weighted by Gasteiger charge is -2.36. The first kappa shape index (κ1) is 10.4. The number of nitrogens with zero attached hydrogens (tertiary/aromatic N) is 1. The van der Waals surface area contributed by atoms with Crippen LogP contribution < -0.4 is 0 Å². The van der Waals surface area contributed by atoms with Crippen molar-refractivity contribution in [2.45, 2.75) is 38.3 Å². The van der Waals surface area contributed by atoms with Gasteiger partial charge in [-0.05, 0) is 25.2 Å². The fourth-order valence-electron chi connectivity index (χ4n) is 2.63. The zero-order chi connectivity index (χ0) is 9.97. The van der Waals surface area contributed by atoms with Crippen molar-refractivity contribution >= 4 is 0 Å². The number of hydrogen-bond donors (Lipinski definition) is 1. The molecule has 0 aromatic rings. The van der Waals surface area contributed by atoms with Gasteiger partial charge in [0, 0.05) is 25.2 Å². The van der Waals surface area contributed by atoms with Crippen molar-refractivity contribution in [3.63, 3.8) is 0 Å². The monoisotopic (exact) mass is 199 g/mol. The van der Waals surface area contributed by atoms with Crippen LogP contribution in [0.1, 0.15) is 26.2 Å². The first-order chi connectivity index (χ1) is 6.85. The Morgan fingerprint density at radius 2 is 2.00 bits per heavy atom. The molecule has 2 aliphatic heterocycles. The summed E-state index contributed by atoms with van der Waals surface area (Å²) in [7, 11) is 0. The van der Waals surface area contributed by atoms with E-state index in [1.807, 2.05) is 0 Å². The van der Waals surface area contributed by atoms with Crippen molar-refractivity contribution in [1.29, 1.82) is 0 Å². The second-order valence-corrected chi connectivity index (χ2v) is 4.58. The van der Waals surface area contributed by atoms with Gasteiger partial charge in [-0.1, -0.05) is 6.92 Å². The first-order valence-electron chi connectivity index (χ1n) is 5.79. The van der Waals surface area contributed by atoms with Crippen LogP contribution in [0.15, 0.2) is 0 Å². The molecule has 0 radical (unpaired) electrons. The minimum absolute atomic E-state index is 0.327. The second kappa shape index (κ2) is 4.60. The maximum atomic E-state index is 9.19. The molecule has 3 heteroatoms. The summed E-state index contributed by atoms with van der Waals surface area (Å²) in [6, 6.07) is 1.27. The maximum Gasteiger partial charge on any atom is 0.0622 e. The third-order valence-corrected chi connectivity index (χ3v) is 3.70. The van der Waals surface area contributed by atoms with E-state index in [4.69, 9.17) is 4.74 Å². The predicted molar refractivity (Wildman–Crippen MR) is 55.2 cm³/mol. The van der Waals surface area contributed by atoms with Gasteiger partial charge in [-0.2, -0.15) is 0 Å². The van der Waals surface area contributed by atoms with Crippen LogP contribution in [0.4, 0.5) is 0 Å². The minimum atomic E-state index is 0.327. The molecule has 82 valence electrons. The molecule has 14 heavy (non-hydrogen) atoms.